The second kappa shape index (κ2) is 9.49. The van der Waals surface area contributed by atoms with Gasteiger partial charge in [0.1, 0.15) is 5.54 Å². The topological polar surface area (TPSA) is 173 Å². The number of nitrogens with two attached hydrogens (primary N) is 1. The molecular weight excluding hydrogens is 435 g/mol. The van der Waals surface area contributed by atoms with E-state index in [2.05, 4.69) is 5.32 Å². The summed E-state index contributed by atoms with van der Waals surface area (Å²) in [6, 6.07) is -0.479. The smallest absolute Gasteiger partial charge is 0.451 e. The predicted octanol–water partition coefficient (Wildman–Crippen LogP) is -2.62. The highest BCUT2D eigenvalue weighted by Crippen LogP contribution is 2.35. The molecule has 0 radical (unpaired) electrons. The largest absolute Gasteiger partial charge is 0.480 e. The van der Waals surface area contributed by atoms with Crippen LogP contribution >= 0.6 is 0 Å². The molecule has 14 heteroatoms. The molecule has 0 aromatic heterocycles. The highest BCUT2D eigenvalue weighted by atomic mass is 32.2. The van der Waals surface area contributed by atoms with Gasteiger partial charge in [-0.3, -0.25) is 9.00 Å². The Balaban J connectivity index is 1.80. The highest BCUT2D eigenvalue weighted by Gasteiger charge is 2.54. The number of carboxylic acid groups (broad SMARTS) is 1. The Bertz CT molecular complexity index is 757. The van der Waals surface area contributed by atoms with Gasteiger partial charge in [0.25, 0.3) is 10.2 Å². The molecule has 0 unspecified atom stereocenters. The van der Waals surface area contributed by atoms with Gasteiger partial charge >= 0.3 is 13.1 Å². The second-order valence-electron chi connectivity index (χ2n) is 8.48. The van der Waals surface area contributed by atoms with Gasteiger partial charge in [0, 0.05) is 60.4 Å². The average molecular weight is 466 g/mol. The lowest BCUT2D eigenvalue weighted by atomic mass is 9.78. The van der Waals surface area contributed by atoms with Crippen LogP contribution in [0.5, 0.6) is 0 Å². The van der Waals surface area contributed by atoms with Crippen molar-refractivity contribution in [2.45, 2.75) is 49.6 Å². The first kappa shape index (κ1) is 24.0. The molecule has 3 fully saturated rings. The Morgan fingerprint density at radius 1 is 1.27 bits per heavy atom. The molecule has 0 aliphatic carbocycles. The third kappa shape index (κ3) is 4.90. The fourth-order valence-corrected chi connectivity index (χ4v) is 7.90. The maximum Gasteiger partial charge on any atom is 0.451 e. The van der Waals surface area contributed by atoms with Crippen LogP contribution in [-0.2, 0) is 25.8 Å². The van der Waals surface area contributed by atoms with E-state index in [1.807, 2.05) is 0 Å². The lowest BCUT2D eigenvalue weighted by Gasteiger charge is -2.44. The Hall–Kier alpha value is -0.605. The van der Waals surface area contributed by atoms with Crippen molar-refractivity contribution < 1.29 is 32.6 Å². The minimum absolute atomic E-state index is 0.0258. The molecule has 0 bridgehead atoms. The van der Waals surface area contributed by atoms with Gasteiger partial charge in [0.15, 0.2) is 0 Å². The summed E-state index contributed by atoms with van der Waals surface area (Å²) in [4.78, 5) is 11.9. The number of hydrogen-bond acceptors (Lipinski definition) is 8. The van der Waals surface area contributed by atoms with Crippen molar-refractivity contribution >= 4 is 34.1 Å². The maximum atomic E-state index is 13.6. The molecule has 3 heterocycles. The normalized spacial score (nSPS) is 33.5. The molecule has 3 aliphatic rings. The maximum absolute atomic E-state index is 13.6. The van der Waals surface area contributed by atoms with Crippen molar-refractivity contribution in [2.75, 3.05) is 37.7 Å². The number of nitrogens with one attached hydrogen (secondary N) is 1. The van der Waals surface area contributed by atoms with Gasteiger partial charge in [-0.25, -0.2) is 0 Å². The van der Waals surface area contributed by atoms with E-state index in [0.29, 0.717) is 43.9 Å². The quantitative estimate of drug-likeness (QED) is 0.228. The zero-order valence-corrected chi connectivity index (χ0v) is 18.5. The Morgan fingerprint density at radius 3 is 2.40 bits per heavy atom. The van der Waals surface area contributed by atoms with Crippen LogP contribution < -0.4 is 11.1 Å². The van der Waals surface area contributed by atoms with Gasteiger partial charge in [-0.1, -0.05) is 6.42 Å². The van der Waals surface area contributed by atoms with E-state index in [4.69, 9.17) is 15.8 Å². The van der Waals surface area contributed by atoms with E-state index >= 15 is 0 Å². The Labute approximate surface area is 179 Å². The Kier molecular flexibility index (Phi) is 7.60. The fourth-order valence-electron chi connectivity index (χ4n) is 4.51. The molecule has 0 spiro atoms. The first-order chi connectivity index (χ1) is 14.1. The molecule has 0 aromatic rings. The summed E-state index contributed by atoms with van der Waals surface area (Å²) in [5.41, 5.74) is 4.44. The molecule has 6 N–H and O–H groups in total. The molecule has 3 saturated heterocycles. The van der Waals surface area contributed by atoms with Gasteiger partial charge < -0.3 is 26.2 Å². The van der Waals surface area contributed by atoms with Crippen LogP contribution in [0.1, 0.15) is 25.7 Å². The van der Waals surface area contributed by atoms with Crippen LogP contribution in [0.3, 0.4) is 0 Å². The Morgan fingerprint density at radius 2 is 1.90 bits per heavy atom. The molecule has 172 valence electrons. The molecule has 0 saturated carbocycles. The van der Waals surface area contributed by atoms with Crippen LogP contribution in [0.2, 0.25) is 6.32 Å². The van der Waals surface area contributed by atoms with E-state index in [0.717, 1.165) is 0 Å². The molecular formula is C16H31BN4O7S2. The SMILES string of the molecule is N[C@@]1(C(=O)O)CN(S(=O)(=O)N(C2CCS(=O)CC2)C2CNC2)C[C@@H]1CCCB(O)O. The summed E-state index contributed by atoms with van der Waals surface area (Å²) in [6.45, 7) is 0.697. The van der Waals surface area contributed by atoms with Crippen LogP contribution in [0.15, 0.2) is 0 Å². The van der Waals surface area contributed by atoms with Crippen molar-refractivity contribution in [1.82, 2.24) is 13.9 Å². The lowest BCUT2D eigenvalue weighted by molar-refractivity contribution is -0.144. The third-order valence-electron chi connectivity index (χ3n) is 6.43. The van der Waals surface area contributed by atoms with Crippen LogP contribution in [0, 0.1) is 5.92 Å². The van der Waals surface area contributed by atoms with Gasteiger partial charge in [-0.05, 0) is 25.6 Å². The number of rotatable bonds is 9. The van der Waals surface area contributed by atoms with Crippen molar-refractivity contribution in [2.24, 2.45) is 11.7 Å². The van der Waals surface area contributed by atoms with Crippen LogP contribution in [0.25, 0.3) is 0 Å². The lowest BCUT2D eigenvalue weighted by Crippen LogP contribution is -2.65. The molecule has 3 rings (SSSR count). The number of carboxylic acids is 1. The molecule has 3 aliphatic heterocycles. The summed E-state index contributed by atoms with van der Waals surface area (Å²) < 4.78 is 41.6. The van der Waals surface area contributed by atoms with Crippen molar-refractivity contribution in [1.29, 1.82) is 0 Å². The first-order valence-electron chi connectivity index (χ1n) is 10.3. The zero-order chi connectivity index (χ0) is 22.1. The highest BCUT2D eigenvalue weighted by molar-refractivity contribution is 7.87. The molecule has 30 heavy (non-hydrogen) atoms. The molecule has 2 atom stereocenters. The number of aliphatic carboxylic acids is 1. The van der Waals surface area contributed by atoms with Crippen LogP contribution in [-0.4, -0.2) is 105 Å². The molecule has 0 amide bonds. The summed E-state index contributed by atoms with van der Waals surface area (Å²) >= 11 is 0. The minimum Gasteiger partial charge on any atom is -0.480 e. The predicted molar refractivity (Wildman–Crippen MR) is 112 cm³/mol. The number of hydrogen-bond donors (Lipinski definition) is 5. The number of carbonyl (C=O) groups is 1. The van der Waals surface area contributed by atoms with Gasteiger partial charge in [-0.15, -0.1) is 0 Å². The molecule has 11 nitrogen and oxygen atoms in total. The van der Waals surface area contributed by atoms with Crippen molar-refractivity contribution in [3.05, 3.63) is 0 Å². The fraction of sp³-hybridized carbons (Fsp3) is 0.938. The van der Waals surface area contributed by atoms with E-state index in [9.17, 15) is 22.5 Å². The van der Waals surface area contributed by atoms with Crippen molar-refractivity contribution in [3.8, 4) is 0 Å². The van der Waals surface area contributed by atoms with E-state index < -0.39 is 45.6 Å². The summed E-state index contributed by atoms with van der Waals surface area (Å²) in [5, 5.41) is 30.9. The van der Waals surface area contributed by atoms with E-state index in [1.165, 1.54) is 8.61 Å². The van der Waals surface area contributed by atoms with E-state index in [-0.39, 0.29) is 37.9 Å². The van der Waals surface area contributed by atoms with Crippen molar-refractivity contribution in [3.63, 3.8) is 0 Å². The average Bonchev–Trinajstić information content (AvgIpc) is 2.98. The summed E-state index contributed by atoms with van der Waals surface area (Å²) in [7, 11) is -6.39. The zero-order valence-electron chi connectivity index (χ0n) is 16.9. The van der Waals surface area contributed by atoms with Crippen LogP contribution in [0.4, 0.5) is 0 Å². The number of nitrogens with zero attached hydrogens (tertiary/aromatic N) is 2. The summed E-state index contributed by atoms with van der Waals surface area (Å²) in [6.07, 6.45) is 1.70. The third-order valence-corrected chi connectivity index (χ3v) is 9.88. The second-order valence-corrected chi connectivity index (χ2v) is 12.0. The van der Waals surface area contributed by atoms with Gasteiger partial charge in [0.2, 0.25) is 0 Å². The monoisotopic (exact) mass is 466 g/mol. The van der Waals surface area contributed by atoms with Gasteiger partial charge in [0.05, 0.1) is 6.04 Å². The van der Waals surface area contributed by atoms with Gasteiger partial charge in [-0.2, -0.15) is 17.0 Å². The molecule has 0 aromatic carbocycles. The summed E-state index contributed by atoms with van der Waals surface area (Å²) in [5.74, 6) is -0.985. The minimum atomic E-state index is -3.97. The standard InChI is InChI=1S/C16H31BN4O7S2/c18-16(15(22)23)11-20(10-12(16)2-1-5-17(24)25)30(27,28)21(14-8-19-9-14)13-3-6-29(26)7-4-13/h12-14,19,24-25H,1-11,18H2,(H,22,23)/t12-,13?,16-,29?/m0/s1. The van der Waals surface area contributed by atoms with E-state index in [1.54, 1.807) is 0 Å². The first-order valence-corrected chi connectivity index (χ1v) is 13.2.